The topological polar surface area (TPSA) is 64.3 Å². The minimum atomic E-state index is 0.528. The number of nitrogens with one attached hydrogen (secondary N) is 1. The van der Waals surface area contributed by atoms with Crippen molar-refractivity contribution < 1.29 is 8.83 Å². The molecule has 0 saturated carbocycles. The van der Waals surface area contributed by atoms with Crippen LogP contribution in [0.2, 0.25) is 0 Å². The lowest BCUT2D eigenvalue weighted by Gasteiger charge is -2.10. The van der Waals surface area contributed by atoms with E-state index in [1.807, 2.05) is 18.2 Å². The van der Waals surface area contributed by atoms with Gasteiger partial charge in [-0.1, -0.05) is 165 Å². The van der Waals surface area contributed by atoms with Crippen LogP contribution < -0.4 is 11.1 Å². The number of furan rings is 2. The quantitative estimate of drug-likeness (QED) is 0.136. The van der Waals surface area contributed by atoms with Gasteiger partial charge in [0.1, 0.15) is 22.3 Å². The zero-order chi connectivity index (χ0) is 48.3. The Morgan fingerprint density at radius 3 is 1.08 bits per heavy atom. The van der Waals surface area contributed by atoms with Crippen LogP contribution in [-0.4, -0.2) is 0 Å². The first-order valence-corrected chi connectivity index (χ1v) is 25.2. The molecular weight excluding hydrogens is 933 g/mol. The normalized spacial score (nSPS) is 11.8. The van der Waals surface area contributed by atoms with Gasteiger partial charge in [0.2, 0.25) is 0 Å². The van der Waals surface area contributed by atoms with Crippen molar-refractivity contribution in [2.75, 3.05) is 11.1 Å². The Morgan fingerprint density at radius 2 is 0.662 bits per heavy atom. The molecule has 2 heterocycles. The maximum Gasteiger partial charge on any atom is 0.137 e. The van der Waals surface area contributed by atoms with Gasteiger partial charge in [-0.05, 0) is 166 Å². The van der Waals surface area contributed by atoms with E-state index < -0.39 is 0 Å². The third-order valence-electron chi connectivity index (χ3n) is 14.1. The van der Waals surface area contributed by atoms with Gasteiger partial charge >= 0.3 is 0 Å². The van der Waals surface area contributed by atoms with Gasteiger partial charge in [-0.25, -0.2) is 0 Å². The Hall–Kier alpha value is -8.12. The zero-order valence-corrected chi connectivity index (χ0v) is 41.6. The molecule has 0 bridgehead atoms. The predicted octanol–water partition coefficient (Wildman–Crippen LogP) is 20.1. The summed E-state index contributed by atoms with van der Waals surface area (Å²) in [5, 5.41) is 23.4. The maximum atomic E-state index is 6.41. The average molecular weight is 984 g/mol. The molecule has 0 spiro atoms. The second-order valence-corrected chi connectivity index (χ2v) is 20.2. The van der Waals surface area contributed by atoms with Crippen molar-refractivity contribution in [2.24, 2.45) is 0 Å². The van der Waals surface area contributed by atoms with Crippen LogP contribution in [0.4, 0.5) is 17.1 Å². The number of hydrogen-bond acceptors (Lipinski definition) is 4. The molecule has 0 unspecified atom stereocenters. The molecule has 0 amide bonds. The monoisotopic (exact) mass is 982 g/mol. The first-order chi connectivity index (χ1) is 34.6. The molecule has 0 aliphatic carbocycles. The first-order valence-electron chi connectivity index (χ1n) is 24.4. The molecule has 0 radical (unpaired) electrons. The highest BCUT2D eigenvalue weighted by Crippen LogP contribution is 2.42. The highest BCUT2D eigenvalue weighted by Gasteiger charge is 2.16. The lowest BCUT2D eigenvalue weighted by atomic mass is 9.93. The van der Waals surface area contributed by atoms with Gasteiger partial charge in [0.25, 0.3) is 0 Å². The van der Waals surface area contributed by atoms with Crippen molar-refractivity contribution in [1.82, 2.24) is 0 Å². The van der Waals surface area contributed by atoms with E-state index in [2.05, 4.69) is 237 Å². The minimum absolute atomic E-state index is 0.528. The summed E-state index contributed by atoms with van der Waals surface area (Å²) >= 11 is 3.54. The number of halogens is 1. The molecular formula is C66H51BrN2O2. The molecule has 0 saturated heterocycles. The largest absolute Gasteiger partial charge is 0.456 e. The SMILES string of the molecule is Brc1ccc2c(c1)oc1cc3c4ccccc4c4ccccc4c3cc12.CC(C)c1ccc(N)cc1.CC(C)c1ccc(Nc2ccc3c(c2)oc2cc4c5ccccc5c5ccccc5c4cc23)cc1. The van der Waals surface area contributed by atoms with Crippen LogP contribution in [0.1, 0.15) is 50.7 Å². The molecule has 344 valence electrons. The summed E-state index contributed by atoms with van der Waals surface area (Å²) in [6.07, 6.45) is 0. The van der Waals surface area contributed by atoms with Gasteiger partial charge in [0.05, 0.1) is 0 Å². The molecule has 14 rings (SSSR count). The fraction of sp³-hybridized carbons (Fsp3) is 0.0909. The van der Waals surface area contributed by atoms with Crippen molar-refractivity contribution in [3.8, 4) is 0 Å². The smallest absolute Gasteiger partial charge is 0.137 e. The van der Waals surface area contributed by atoms with Crippen molar-refractivity contribution >= 4 is 142 Å². The summed E-state index contributed by atoms with van der Waals surface area (Å²) in [6, 6.07) is 73.0. The molecule has 5 heteroatoms. The van der Waals surface area contributed by atoms with Crippen LogP contribution in [-0.2, 0) is 0 Å². The van der Waals surface area contributed by atoms with Gasteiger partial charge < -0.3 is 19.9 Å². The predicted molar refractivity (Wildman–Crippen MR) is 309 cm³/mol. The van der Waals surface area contributed by atoms with Crippen LogP contribution >= 0.6 is 15.9 Å². The summed E-state index contributed by atoms with van der Waals surface area (Å²) in [4.78, 5) is 0. The number of fused-ring (bicyclic) bond motifs is 18. The van der Waals surface area contributed by atoms with Gasteiger partial charge in [0, 0.05) is 49.1 Å². The second-order valence-electron chi connectivity index (χ2n) is 19.2. The van der Waals surface area contributed by atoms with Crippen molar-refractivity contribution in [3.63, 3.8) is 0 Å². The molecule has 0 aliphatic heterocycles. The van der Waals surface area contributed by atoms with Gasteiger partial charge in [-0.15, -0.1) is 0 Å². The van der Waals surface area contributed by atoms with E-state index in [4.69, 9.17) is 14.6 Å². The van der Waals surface area contributed by atoms with Crippen molar-refractivity contribution in [3.05, 3.63) is 222 Å². The summed E-state index contributed by atoms with van der Waals surface area (Å²) in [6.45, 7) is 8.77. The Labute approximate surface area is 420 Å². The van der Waals surface area contributed by atoms with Crippen LogP contribution in [0.5, 0.6) is 0 Å². The molecule has 0 aliphatic rings. The Bertz CT molecular complexity index is 4340. The molecule has 2 aromatic heterocycles. The van der Waals surface area contributed by atoms with Crippen molar-refractivity contribution in [1.29, 1.82) is 0 Å². The van der Waals surface area contributed by atoms with Crippen LogP contribution in [0.25, 0.3) is 109 Å². The Kier molecular flexibility index (Phi) is 11.2. The van der Waals surface area contributed by atoms with Gasteiger partial charge in [-0.2, -0.15) is 0 Å². The third-order valence-corrected chi connectivity index (χ3v) is 14.6. The van der Waals surface area contributed by atoms with E-state index in [1.165, 1.54) is 81.1 Å². The summed E-state index contributed by atoms with van der Waals surface area (Å²) in [5.41, 5.74) is 14.8. The third kappa shape index (κ3) is 8.06. The van der Waals surface area contributed by atoms with Gasteiger partial charge in [-0.3, -0.25) is 0 Å². The average Bonchev–Trinajstić information content (AvgIpc) is 3.94. The van der Waals surface area contributed by atoms with Crippen LogP contribution in [0.3, 0.4) is 0 Å². The molecule has 0 fully saturated rings. The van der Waals surface area contributed by atoms with E-state index in [1.54, 1.807) is 0 Å². The van der Waals surface area contributed by atoms with Crippen LogP contribution in [0.15, 0.2) is 220 Å². The van der Waals surface area contributed by atoms with Gasteiger partial charge in [0.15, 0.2) is 0 Å². The highest BCUT2D eigenvalue weighted by atomic mass is 79.9. The molecule has 3 N–H and O–H groups in total. The van der Waals surface area contributed by atoms with E-state index in [9.17, 15) is 0 Å². The van der Waals surface area contributed by atoms with Crippen molar-refractivity contribution in [2.45, 2.75) is 39.5 Å². The highest BCUT2D eigenvalue weighted by molar-refractivity contribution is 9.10. The molecule has 0 atom stereocenters. The fourth-order valence-electron chi connectivity index (χ4n) is 10.4. The Morgan fingerprint density at radius 1 is 0.324 bits per heavy atom. The van der Waals surface area contributed by atoms with E-state index in [0.717, 1.165) is 60.0 Å². The summed E-state index contributed by atoms with van der Waals surface area (Å²) in [7, 11) is 0. The fourth-order valence-corrected chi connectivity index (χ4v) is 10.7. The number of rotatable bonds is 4. The molecule has 71 heavy (non-hydrogen) atoms. The number of benzene rings is 12. The summed E-state index contributed by atoms with van der Waals surface area (Å²) < 4.78 is 13.6. The minimum Gasteiger partial charge on any atom is -0.456 e. The van der Waals surface area contributed by atoms with E-state index >= 15 is 0 Å². The lowest BCUT2D eigenvalue weighted by Crippen LogP contribution is -1.91. The number of anilines is 3. The van der Waals surface area contributed by atoms with E-state index in [-0.39, 0.29) is 0 Å². The molecule has 4 nitrogen and oxygen atoms in total. The van der Waals surface area contributed by atoms with Crippen LogP contribution in [0, 0.1) is 0 Å². The standard InChI is InChI=1S/C33H25NO.C24H13BrO.C9H13N/c1-20(2)21-11-13-22(14-12-21)34-23-15-16-28-31-18-29-26-9-5-3-7-24(26)25-8-4-6-10-27(25)30(29)19-33(31)35-32(28)17-23;25-14-9-10-19-22-12-20-17-7-3-1-5-15(17)16-6-2-4-8-18(16)21(20)13-24(22)26-23(19)11-14;1-7(2)8-3-5-9(10)6-4-8/h3-20,34H,1-2H3;1-13H;3-7H,10H2,1-2H3. The number of hydrogen-bond donors (Lipinski definition) is 2. The molecule has 12 aromatic carbocycles. The maximum absolute atomic E-state index is 6.41. The van der Waals surface area contributed by atoms with E-state index in [0.29, 0.717) is 11.8 Å². The number of nitrogen functional groups attached to an aromatic ring is 1. The zero-order valence-electron chi connectivity index (χ0n) is 40.1. The first kappa shape index (κ1) is 44.1. The second kappa shape index (κ2) is 18.0. The number of nitrogens with two attached hydrogens (primary N) is 1. The lowest BCUT2D eigenvalue weighted by molar-refractivity contribution is 0.669. The molecule has 14 aromatic rings. The summed E-state index contributed by atoms with van der Waals surface area (Å²) in [5.74, 6) is 1.13. The Balaban J connectivity index is 0.000000126.